The van der Waals surface area contributed by atoms with E-state index in [0.717, 1.165) is 17.7 Å². The topological polar surface area (TPSA) is 91.0 Å². The van der Waals surface area contributed by atoms with Crippen molar-refractivity contribution in [1.29, 1.82) is 0 Å². The van der Waals surface area contributed by atoms with Gasteiger partial charge in [0, 0.05) is 19.1 Å². The lowest BCUT2D eigenvalue weighted by molar-refractivity contribution is -0.139. The third-order valence-corrected chi connectivity index (χ3v) is 5.37. The summed E-state index contributed by atoms with van der Waals surface area (Å²) < 4.78 is 5.14. The number of methoxy groups -OCH3 is 1. The largest absolute Gasteiger partial charge is 0.497 e. The lowest BCUT2D eigenvalue weighted by Crippen LogP contribution is -2.47. The van der Waals surface area contributed by atoms with E-state index in [2.05, 4.69) is 10.6 Å². The molecule has 0 bridgehead atoms. The quantitative estimate of drug-likeness (QED) is 0.715. The van der Waals surface area contributed by atoms with Gasteiger partial charge in [-0.25, -0.2) is 4.79 Å². The predicted molar refractivity (Wildman–Crippen MR) is 99.3 cm³/mol. The highest BCUT2D eigenvalue weighted by Crippen LogP contribution is 2.30. The molecule has 2 aliphatic rings. The minimum atomic E-state index is -1.20. The number of nitrogens with one attached hydrogen (secondary N) is 2. The SMILES string of the molecule is CNCC1CCCN1C(=O)CN1C(=O)NC(C)(c2ccc(OC)cc2)C1=O. The van der Waals surface area contributed by atoms with Crippen molar-refractivity contribution in [3.05, 3.63) is 29.8 Å². The van der Waals surface area contributed by atoms with E-state index in [1.807, 2.05) is 7.05 Å². The molecule has 0 saturated carbocycles. The second kappa shape index (κ2) is 7.56. The van der Waals surface area contributed by atoms with Gasteiger partial charge < -0.3 is 20.3 Å². The summed E-state index contributed by atoms with van der Waals surface area (Å²) in [5.41, 5.74) is -0.551. The number of amides is 4. The van der Waals surface area contributed by atoms with Gasteiger partial charge in [0.05, 0.1) is 7.11 Å². The molecule has 2 saturated heterocycles. The van der Waals surface area contributed by atoms with Crippen LogP contribution in [0.5, 0.6) is 5.75 Å². The number of nitrogens with zero attached hydrogens (tertiary/aromatic N) is 2. The van der Waals surface area contributed by atoms with Crippen LogP contribution in [0.25, 0.3) is 0 Å². The molecule has 0 aromatic heterocycles. The molecule has 1 aromatic rings. The Morgan fingerprint density at radius 2 is 2.04 bits per heavy atom. The molecule has 0 spiro atoms. The van der Waals surface area contributed by atoms with E-state index in [1.54, 1.807) is 43.2 Å². The van der Waals surface area contributed by atoms with Gasteiger partial charge in [-0.05, 0) is 44.5 Å². The fourth-order valence-corrected chi connectivity index (χ4v) is 3.80. The van der Waals surface area contributed by atoms with E-state index in [4.69, 9.17) is 4.74 Å². The monoisotopic (exact) mass is 374 g/mol. The van der Waals surface area contributed by atoms with Gasteiger partial charge in [-0.3, -0.25) is 14.5 Å². The molecule has 2 aliphatic heterocycles. The molecule has 2 atom stereocenters. The minimum absolute atomic E-state index is 0.108. The third kappa shape index (κ3) is 3.49. The van der Waals surface area contributed by atoms with E-state index >= 15 is 0 Å². The fourth-order valence-electron chi connectivity index (χ4n) is 3.80. The highest BCUT2D eigenvalue weighted by molar-refractivity contribution is 6.09. The maximum Gasteiger partial charge on any atom is 0.325 e. The first-order valence-electron chi connectivity index (χ1n) is 9.13. The Morgan fingerprint density at radius 1 is 1.33 bits per heavy atom. The first-order chi connectivity index (χ1) is 12.9. The number of hydrogen-bond acceptors (Lipinski definition) is 5. The first-order valence-corrected chi connectivity index (χ1v) is 9.13. The zero-order chi connectivity index (χ0) is 19.6. The van der Waals surface area contributed by atoms with Gasteiger partial charge in [0.1, 0.15) is 17.8 Å². The highest BCUT2D eigenvalue weighted by Gasteiger charge is 2.50. The van der Waals surface area contributed by atoms with Crippen LogP contribution in [0.3, 0.4) is 0 Å². The van der Waals surface area contributed by atoms with Crippen LogP contribution in [0.15, 0.2) is 24.3 Å². The van der Waals surface area contributed by atoms with Crippen LogP contribution in [0.4, 0.5) is 4.79 Å². The Hall–Kier alpha value is -2.61. The van der Waals surface area contributed by atoms with Gasteiger partial charge in [0.15, 0.2) is 0 Å². The second-order valence-electron chi connectivity index (χ2n) is 7.12. The smallest absolute Gasteiger partial charge is 0.325 e. The van der Waals surface area contributed by atoms with Crippen LogP contribution >= 0.6 is 0 Å². The Morgan fingerprint density at radius 3 is 2.67 bits per heavy atom. The molecule has 2 fully saturated rings. The maximum atomic E-state index is 13.0. The number of rotatable bonds is 6. The number of likely N-dealkylation sites (N-methyl/N-ethyl adjacent to an activating group) is 1. The van der Waals surface area contributed by atoms with Crippen molar-refractivity contribution in [3.8, 4) is 5.75 Å². The van der Waals surface area contributed by atoms with Crippen molar-refractivity contribution in [3.63, 3.8) is 0 Å². The van der Waals surface area contributed by atoms with Crippen molar-refractivity contribution in [2.75, 3.05) is 33.8 Å². The van der Waals surface area contributed by atoms with E-state index in [-0.39, 0.29) is 18.5 Å². The van der Waals surface area contributed by atoms with Crippen molar-refractivity contribution in [1.82, 2.24) is 20.4 Å². The Kier molecular flexibility index (Phi) is 5.36. The summed E-state index contributed by atoms with van der Waals surface area (Å²) in [6, 6.07) is 6.52. The van der Waals surface area contributed by atoms with E-state index in [0.29, 0.717) is 24.4 Å². The molecule has 2 N–H and O–H groups in total. The van der Waals surface area contributed by atoms with Gasteiger partial charge in [-0.15, -0.1) is 0 Å². The average Bonchev–Trinajstić information content (AvgIpc) is 3.21. The molecule has 8 nitrogen and oxygen atoms in total. The number of hydrogen-bond donors (Lipinski definition) is 2. The zero-order valence-corrected chi connectivity index (χ0v) is 15.9. The summed E-state index contributed by atoms with van der Waals surface area (Å²) >= 11 is 0. The first kappa shape index (κ1) is 19.2. The summed E-state index contributed by atoms with van der Waals surface area (Å²) in [5.74, 6) is 0.0429. The zero-order valence-electron chi connectivity index (χ0n) is 15.9. The fraction of sp³-hybridized carbons (Fsp3) is 0.526. The highest BCUT2D eigenvalue weighted by atomic mass is 16.5. The molecule has 2 unspecified atom stereocenters. The predicted octanol–water partition coefficient (Wildman–Crippen LogP) is 0.673. The molecule has 146 valence electrons. The standard InChI is InChI=1S/C19H26N4O4/c1-19(13-6-8-15(27-3)9-7-13)17(25)23(18(26)21-19)12-16(24)22-10-4-5-14(22)11-20-2/h6-9,14,20H,4-5,10-12H2,1-3H3,(H,21,26). The van der Waals surface area contributed by atoms with E-state index < -0.39 is 17.5 Å². The van der Waals surface area contributed by atoms with Gasteiger partial charge in [-0.1, -0.05) is 12.1 Å². The molecular formula is C19H26N4O4. The normalized spacial score (nSPS) is 25.1. The van der Waals surface area contributed by atoms with Crippen molar-refractivity contribution < 1.29 is 19.1 Å². The van der Waals surface area contributed by atoms with Gasteiger partial charge in [0.2, 0.25) is 5.91 Å². The van der Waals surface area contributed by atoms with Crippen molar-refractivity contribution in [2.24, 2.45) is 0 Å². The van der Waals surface area contributed by atoms with Gasteiger partial charge >= 0.3 is 6.03 Å². The summed E-state index contributed by atoms with van der Waals surface area (Å²) in [4.78, 5) is 40.9. The van der Waals surface area contributed by atoms with Crippen molar-refractivity contribution in [2.45, 2.75) is 31.3 Å². The molecule has 3 rings (SSSR count). The molecule has 8 heteroatoms. The second-order valence-corrected chi connectivity index (χ2v) is 7.12. The van der Waals surface area contributed by atoms with E-state index in [9.17, 15) is 14.4 Å². The number of likely N-dealkylation sites (tertiary alicyclic amines) is 1. The number of benzene rings is 1. The average molecular weight is 374 g/mol. The number of ether oxygens (including phenoxy) is 1. The van der Waals surface area contributed by atoms with Crippen LogP contribution in [-0.2, 0) is 15.1 Å². The molecule has 0 radical (unpaired) electrons. The van der Waals surface area contributed by atoms with Gasteiger partial charge in [-0.2, -0.15) is 0 Å². The van der Waals surface area contributed by atoms with Crippen LogP contribution in [0.2, 0.25) is 0 Å². The van der Waals surface area contributed by atoms with E-state index in [1.165, 1.54) is 0 Å². The number of imide groups is 1. The molecule has 4 amide bonds. The van der Waals surface area contributed by atoms with Crippen molar-refractivity contribution >= 4 is 17.8 Å². The maximum absolute atomic E-state index is 13.0. The molecule has 27 heavy (non-hydrogen) atoms. The Balaban J connectivity index is 1.74. The summed E-state index contributed by atoms with van der Waals surface area (Å²) in [7, 11) is 3.41. The van der Waals surface area contributed by atoms with Crippen LogP contribution in [0, 0.1) is 0 Å². The molecule has 0 aliphatic carbocycles. The molecular weight excluding hydrogens is 348 g/mol. The lowest BCUT2D eigenvalue weighted by Gasteiger charge is -2.26. The van der Waals surface area contributed by atoms with Crippen LogP contribution in [-0.4, -0.2) is 67.5 Å². The number of urea groups is 1. The summed E-state index contributed by atoms with van der Waals surface area (Å²) in [6.07, 6.45) is 1.86. The summed E-state index contributed by atoms with van der Waals surface area (Å²) in [5, 5.41) is 5.82. The Labute approximate surface area is 158 Å². The minimum Gasteiger partial charge on any atom is -0.497 e. The Bertz CT molecular complexity index is 736. The lowest BCUT2D eigenvalue weighted by atomic mass is 9.92. The molecule has 2 heterocycles. The van der Waals surface area contributed by atoms with Crippen LogP contribution < -0.4 is 15.4 Å². The van der Waals surface area contributed by atoms with Gasteiger partial charge in [0.25, 0.3) is 5.91 Å². The summed E-state index contributed by atoms with van der Waals surface area (Å²) in [6.45, 7) is 2.77. The number of carbonyl (C=O) groups is 3. The van der Waals surface area contributed by atoms with Crippen LogP contribution in [0.1, 0.15) is 25.3 Å². The molecule has 1 aromatic carbocycles. The third-order valence-electron chi connectivity index (χ3n) is 5.37. The number of carbonyl (C=O) groups excluding carboxylic acids is 3.